The molecule has 0 aliphatic carbocycles. The molecule has 1 N–H and O–H groups in total. The summed E-state index contributed by atoms with van der Waals surface area (Å²) in [6, 6.07) is 10.0. The molecule has 0 atom stereocenters. The van der Waals surface area contributed by atoms with Gasteiger partial charge >= 0.3 is 0 Å². The molecule has 118 valence electrons. The number of nitrogens with zero attached hydrogens (tertiary/aromatic N) is 2. The molecule has 8 heteroatoms. The van der Waals surface area contributed by atoms with Crippen LogP contribution in [0.4, 0.5) is 5.69 Å². The Morgan fingerprint density at radius 2 is 1.87 bits per heavy atom. The molecule has 3 aromatic rings. The molecule has 0 saturated carbocycles. The van der Waals surface area contributed by atoms with E-state index in [-0.39, 0.29) is 0 Å². The lowest BCUT2D eigenvalue weighted by Crippen LogP contribution is -1.94. The number of pyridine rings is 2. The lowest BCUT2D eigenvalue weighted by Gasteiger charge is -2.09. The van der Waals surface area contributed by atoms with Gasteiger partial charge in [0.1, 0.15) is 11.5 Å². The van der Waals surface area contributed by atoms with Crippen molar-refractivity contribution >= 4 is 27.5 Å². The van der Waals surface area contributed by atoms with Gasteiger partial charge in [-0.25, -0.2) is 13.4 Å². The van der Waals surface area contributed by atoms with Crippen molar-refractivity contribution in [1.29, 1.82) is 0 Å². The van der Waals surface area contributed by atoms with Crippen LogP contribution in [0.25, 0.3) is 10.9 Å². The Labute approximate surface area is 134 Å². The Morgan fingerprint density at radius 1 is 1.09 bits per heavy atom. The highest BCUT2D eigenvalue weighted by molar-refractivity contribution is 7.73. The van der Waals surface area contributed by atoms with Crippen molar-refractivity contribution in [1.82, 2.24) is 9.97 Å². The minimum atomic E-state index is -2.68. The van der Waals surface area contributed by atoms with Gasteiger partial charge < -0.3 is 9.47 Å². The summed E-state index contributed by atoms with van der Waals surface area (Å²) >= 11 is 0. The second-order valence-corrected chi connectivity index (χ2v) is 5.29. The maximum Gasteiger partial charge on any atom is 0.222 e. The van der Waals surface area contributed by atoms with Gasteiger partial charge in [0, 0.05) is 24.1 Å². The fourth-order valence-corrected chi connectivity index (χ4v) is 2.39. The Balaban J connectivity index is 1.89. The van der Waals surface area contributed by atoms with Crippen molar-refractivity contribution < 1.29 is 17.9 Å². The summed E-state index contributed by atoms with van der Waals surface area (Å²) in [5.41, 5.74) is 1.18. The average molecular weight is 331 g/mol. The van der Waals surface area contributed by atoms with Crippen LogP contribution < -0.4 is 14.2 Å². The van der Waals surface area contributed by atoms with E-state index in [0.717, 1.165) is 5.39 Å². The van der Waals surface area contributed by atoms with Crippen molar-refractivity contribution in [2.24, 2.45) is 0 Å². The smallest absolute Gasteiger partial charge is 0.222 e. The molecule has 7 nitrogen and oxygen atoms in total. The molecule has 0 saturated heterocycles. The Hall–Kier alpha value is -2.87. The maximum atomic E-state index is 10.6. The SMILES string of the molecule is COc1cc2nccc(Oc3ccc(N[SH](=O)=O)cc3)c2cn1. The highest BCUT2D eigenvalue weighted by atomic mass is 32.2. The van der Waals surface area contributed by atoms with Crippen LogP contribution >= 0.6 is 0 Å². The Bertz CT molecular complexity index is 902. The first-order valence-electron chi connectivity index (χ1n) is 6.63. The van der Waals surface area contributed by atoms with E-state index in [1.54, 1.807) is 55.9 Å². The van der Waals surface area contributed by atoms with Gasteiger partial charge in [0.05, 0.1) is 18.0 Å². The number of hydrogen-bond acceptors (Lipinski definition) is 6. The molecule has 0 amide bonds. The van der Waals surface area contributed by atoms with Gasteiger partial charge in [-0.15, -0.1) is 0 Å². The topological polar surface area (TPSA) is 90.4 Å². The van der Waals surface area contributed by atoms with Crippen molar-refractivity contribution in [3.05, 3.63) is 48.8 Å². The number of hydrogen-bond donors (Lipinski definition) is 2. The van der Waals surface area contributed by atoms with Crippen LogP contribution in [0.15, 0.2) is 48.8 Å². The van der Waals surface area contributed by atoms with E-state index in [1.165, 1.54) is 0 Å². The third-order valence-electron chi connectivity index (χ3n) is 3.07. The summed E-state index contributed by atoms with van der Waals surface area (Å²) in [5, 5.41) is 0.748. The number of rotatable bonds is 5. The minimum Gasteiger partial charge on any atom is -0.481 e. The highest BCUT2D eigenvalue weighted by Gasteiger charge is 2.07. The Kier molecular flexibility index (Phi) is 4.24. The summed E-state index contributed by atoms with van der Waals surface area (Å²) in [7, 11) is -1.14. The van der Waals surface area contributed by atoms with E-state index in [2.05, 4.69) is 14.7 Å². The zero-order chi connectivity index (χ0) is 16.2. The third kappa shape index (κ3) is 3.49. The number of thiol groups is 1. The van der Waals surface area contributed by atoms with Crippen LogP contribution in [0.1, 0.15) is 0 Å². The van der Waals surface area contributed by atoms with Gasteiger partial charge in [-0.1, -0.05) is 0 Å². The van der Waals surface area contributed by atoms with Gasteiger partial charge in [-0.2, -0.15) is 0 Å². The first-order chi connectivity index (χ1) is 11.2. The quantitative estimate of drug-likeness (QED) is 0.698. The normalized spacial score (nSPS) is 10.7. The van der Waals surface area contributed by atoms with Crippen LogP contribution in [-0.2, 0) is 10.9 Å². The van der Waals surface area contributed by atoms with Crippen LogP contribution in [0.5, 0.6) is 17.4 Å². The molecule has 0 aliphatic rings. The Morgan fingerprint density at radius 3 is 2.57 bits per heavy atom. The van der Waals surface area contributed by atoms with Crippen molar-refractivity contribution in [3.8, 4) is 17.4 Å². The number of ether oxygens (including phenoxy) is 2. The molecular formula is C15H13N3O4S. The molecule has 0 unspecified atom stereocenters. The summed E-state index contributed by atoms with van der Waals surface area (Å²) in [6.45, 7) is 0. The van der Waals surface area contributed by atoms with E-state index in [9.17, 15) is 8.42 Å². The summed E-state index contributed by atoms with van der Waals surface area (Å²) in [5.74, 6) is 1.64. The second kappa shape index (κ2) is 6.49. The summed E-state index contributed by atoms with van der Waals surface area (Å²) in [4.78, 5) is 8.42. The second-order valence-electron chi connectivity index (χ2n) is 4.55. The summed E-state index contributed by atoms with van der Waals surface area (Å²) < 4.78 is 34.4. The number of nitrogens with one attached hydrogen (secondary N) is 1. The largest absolute Gasteiger partial charge is 0.481 e. The lowest BCUT2D eigenvalue weighted by atomic mass is 10.2. The van der Waals surface area contributed by atoms with Gasteiger partial charge in [-0.05, 0) is 30.3 Å². The first kappa shape index (κ1) is 15.0. The van der Waals surface area contributed by atoms with Gasteiger partial charge in [-0.3, -0.25) is 9.71 Å². The van der Waals surface area contributed by atoms with Gasteiger partial charge in [0.2, 0.25) is 16.8 Å². The maximum absolute atomic E-state index is 10.6. The molecule has 1 aromatic carbocycles. The molecule has 0 spiro atoms. The number of fused-ring (bicyclic) bond motifs is 1. The third-order valence-corrected chi connectivity index (χ3v) is 3.51. The molecule has 0 fully saturated rings. The van der Waals surface area contributed by atoms with Crippen LogP contribution in [0.3, 0.4) is 0 Å². The first-order valence-corrected chi connectivity index (χ1v) is 7.81. The van der Waals surface area contributed by atoms with Crippen LogP contribution in [0, 0.1) is 0 Å². The van der Waals surface area contributed by atoms with Crippen molar-refractivity contribution in [2.45, 2.75) is 0 Å². The van der Waals surface area contributed by atoms with Crippen molar-refractivity contribution in [3.63, 3.8) is 0 Å². The number of anilines is 1. The molecule has 2 aromatic heterocycles. The predicted octanol–water partition coefficient (Wildman–Crippen LogP) is 2.37. The zero-order valence-electron chi connectivity index (χ0n) is 12.1. The zero-order valence-corrected chi connectivity index (χ0v) is 13.0. The molecule has 23 heavy (non-hydrogen) atoms. The van der Waals surface area contributed by atoms with Crippen LogP contribution in [-0.4, -0.2) is 25.5 Å². The minimum absolute atomic E-state index is 0.472. The van der Waals surface area contributed by atoms with E-state index in [4.69, 9.17) is 9.47 Å². The molecule has 2 heterocycles. The molecule has 0 aliphatic heterocycles. The average Bonchev–Trinajstić information content (AvgIpc) is 2.56. The molecule has 3 rings (SSSR count). The van der Waals surface area contributed by atoms with Crippen molar-refractivity contribution in [2.75, 3.05) is 11.8 Å². The number of aromatic nitrogens is 2. The highest BCUT2D eigenvalue weighted by Crippen LogP contribution is 2.30. The van der Waals surface area contributed by atoms with Gasteiger partial charge in [0.15, 0.2) is 0 Å². The standard InChI is InChI=1S/C15H13N3O4S/c1-21-15-8-13-12(9-17-15)14(6-7-16-13)22-11-4-2-10(3-5-11)18-23(19)20/h2-9,23H,1H3,(H,18,19,20). The predicted molar refractivity (Wildman–Crippen MR) is 86.5 cm³/mol. The molecule has 0 radical (unpaired) electrons. The fourth-order valence-electron chi connectivity index (χ4n) is 2.03. The monoisotopic (exact) mass is 331 g/mol. The number of methoxy groups -OCH3 is 1. The van der Waals surface area contributed by atoms with E-state index >= 15 is 0 Å². The van der Waals surface area contributed by atoms with E-state index in [1.807, 2.05) is 0 Å². The molecular weight excluding hydrogens is 318 g/mol. The van der Waals surface area contributed by atoms with E-state index in [0.29, 0.717) is 28.6 Å². The summed E-state index contributed by atoms with van der Waals surface area (Å²) in [6.07, 6.45) is 3.27. The van der Waals surface area contributed by atoms with Crippen LogP contribution in [0.2, 0.25) is 0 Å². The van der Waals surface area contributed by atoms with Gasteiger partial charge in [0.25, 0.3) is 0 Å². The number of benzene rings is 1. The molecule has 0 bridgehead atoms. The fraction of sp³-hybridized carbons (Fsp3) is 0.0667. The lowest BCUT2D eigenvalue weighted by molar-refractivity contribution is 0.398. The van der Waals surface area contributed by atoms with E-state index < -0.39 is 10.9 Å².